The average molecular weight is 300 g/mol. The number of carbonyl (C=O) groups is 1. The van der Waals surface area contributed by atoms with Crippen molar-refractivity contribution in [2.24, 2.45) is 0 Å². The third kappa shape index (κ3) is 4.02. The second-order valence-corrected chi connectivity index (χ2v) is 4.78. The van der Waals surface area contributed by atoms with Gasteiger partial charge in [-0.15, -0.1) is 0 Å². The van der Waals surface area contributed by atoms with Crippen molar-refractivity contribution in [3.63, 3.8) is 0 Å². The van der Waals surface area contributed by atoms with Gasteiger partial charge in [0.15, 0.2) is 0 Å². The van der Waals surface area contributed by atoms with Gasteiger partial charge in [-0.25, -0.2) is 0 Å². The second kappa shape index (κ2) is 6.61. The lowest BCUT2D eigenvalue weighted by molar-refractivity contribution is 0.0793. The molecule has 0 bridgehead atoms. The molecule has 94 valence electrons. The minimum atomic E-state index is -0.0136. The van der Waals surface area contributed by atoms with Crippen LogP contribution in [0.5, 0.6) is 0 Å². The zero-order valence-corrected chi connectivity index (χ0v) is 11.8. The van der Waals surface area contributed by atoms with Crippen molar-refractivity contribution in [1.82, 2.24) is 10.2 Å². The van der Waals surface area contributed by atoms with Crippen LogP contribution >= 0.6 is 15.9 Å². The summed E-state index contributed by atoms with van der Waals surface area (Å²) in [7, 11) is 3.70. The molecule has 0 spiro atoms. The Kier molecular flexibility index (Phi) is 5.44. The molecule has 0 aliphatic rings. The number of carbonyl (C=O) groups excluding carboxylic acids is 1. The SMILES string of the molecule is CNCCCN(C)C(=O)c1cc(N)ccc1Br. The number of nitrogens with two attached hydrogens (primary N) is 1. The van der Waals surface area contributed by atoms with Crippen LogP contribution in [0.1, 0.15) is 16.8 Å². The van der Waals surface area contributed by atoms with Gasteiger partial charge in [0.2, 0.25) is 0 Å². The number of anilines is 1. The first kappa shape index (κ1) is 14.0. The maximum Gasteiger partial charge on any atom is 0.254 e. The number of halogens is 1. The van der Waals surface area contributed by atoms with Crippen molar-refractivity contribution in [2.45, 2.75) is 6.42 Å². The van der Waals surface area contributed by atoms with Gasteiger partial charge in [0.25, 0.3) is 5.91 Å². The maximum atomic E-state index is 12.1. The molecule has 1 aromatic rings. The molecule has 0 aliphatic carbocycles. The van der Waals surface area contributed by atoms with Gasteiger partial charge in [0, 0.05) is 23.8 Å². The molecule has 0 saturated carbocycles. The monoisotopic (exact) mass is 299 g/mol. The van der Waals surface area contributed by atoms with E-state index in [0.29, 0.717) is 11.3 Å². The summed E-state index contributed by atoms with van der Waals surface area (Å²) in [6.07, 6.45) is 0.929. The number of hydrogen-bond acceptors (Lipinski definition) is 3. The van der Waals surface area contributed by atoms with Gasteiger partial charge >= 0.3 is 0 Å². The van der Waals surface area contributed by atoms with E-state index in [9.17, 15) is 4.79 Å². The van der Waals surface area contributed by atoms with E-state index >= 15 is 0 Å². The first-order valence-electron chi connectivity index (χ1n) is 5.51. The highest BCUT2D eigenvalue weighted by atomic mass is 79.9. The number of nitrogens with zero attached hydrogens (tertiary/aromatic N) is 1. The Morgan fingerprint density at radius 2 is 2.24 bits per heavy atom. The van der Waals surface area contributed by atoms with Gasteiger partial charge < -0.3 is 16.0 Å². The molecule has 0 heterocycles. The van der Waals surface area contributed by atoms with Crippen LogP contribution in [0.15, 0.2) is 22.7 Å². The molecular weight excluding hydrogens is 282 g/mol. The lowest BCUT2D eigenvalue weighted by Gasteiger charge is -2.18. The lowest BCUT2D eigenvalue weighted by Crippen LogP contribution is -2.29. The summed E-state index contributed by atoms with van der Waals surface area (Å²) >= 11 is 3.37. The summed E-state index contributed by atoms with van der Waals surface area (Å²) in [4.78, 5) is 13.8. The second-order valence-electron chi connectivity index (χ2n) is 3.92. The molecule has 1 amide bonds. The first-order chi connectivity index (χ1) is 8.06. The summed E-state index contributed by atoms with van der Waals surface area (Å²) in [5.74, 6) is -0.0136. The Morgan fingerprint density at radius 3 is 2.88 bits per heavy atom. The van der Waals surface area contributed by atoms with Crippen LogP contribution in [0.3, 0.4) is 0 Å². The van der Waals surface area contributed by atoms with Crippen molar-refractivity contribution >= 4 is 27.5 Å². The molecule has 0 saturated heterocycles. The topological polar surface area (TPSA) is 58.4 Å². The highest BCUT2D eigenvalue weighted by Gasteiger charge is 2.14. The largest absolute Gasteiger partial charge is 0.399 e. The summed E-state index contributed by atoms with van der Waals surface area (Å²) < 4.78 is 0.775. The molecule has 4 nitrogen and oxygen atoms in total. The van der Waals surface area contributed by atoms with E-state index in [4.69, 9.17) is 5.73 Å². The molecule has 0 aromatic heterocycles. The quantitative estimate of drug-likeness (QED) is 0.643. The number of hydrogen-bond donors (Lipinski definition) is 2. The van der Waals surface area contributed by atoms with Gasteiger partial charge in [-0.2, -0.15) is 0 Å². The Bertz CT molecular complexity index is 395. The number of benzene rings is 1. The number of rotatable bonds is 5. The fraction of sp³-hybridized carbons (Fsp3) is 0.417. The van der Waals surface area contributed by atoms with Gasteiger partial charge in [0.05, 0.1) is 5.56 Å². The maximum absolute atomic E-state index is 12.1. The van der Waals surface area contributed by atoms with Crippen molar-refractivity contribution in [1.29, 1.82) is 0 Å². The molecule has 1 aromatic carbocycles. The Hall–Kier alpha value is -1.07. The van der Waals surface area contributed by atoms with E-state index in [1.54, 1.807) is 30.1 Å². The number of nitrogen functional groups attached to an aromatic ring is 1. The minimum Gasteiger partial charge on any atom is -0.399 e. The zero-order chi connectivity index (χ0) is 12.8. The number of nitrogens with one attached hydrogen (secondary N) is 1. The van der Waals surface area contributed by atoms with E-state index in [1.165, 1.54) is 0 Å². The minimum absolute atomic E-state index is 0.0136. The third-order valence-corrected chi connectivity index (χ3v) is 3.18. The third-order valence-electron chi connectivity index (χ3n) is 2.49. The highest BCUT2D eigenvalue weighted by molar-refractivity contribution is 9.10. The van der Waals surface area contributed by atoms with Crippen molar-refractivity contribution in [3.8, 4) is 0 Å². The Morgan fingerprint density at radius 1 is 1.53 bits per heavy atom. The van der Waals surface area contributed by atoms with E-state index in [0.717, 1.165) is 24.0 Å². The predicted octanol–water partition coefficient (Wildman–Crippen LogP) is 1.71. The van der Waals surface area contributed by atoms with E-state index in [2.05, 4.69) is 21.2 Å². The van der Waals surface area contributed by atoms with Crippen molar-refractivity contribution < 1.29 is 4.79 Å². The van der Waals surface area contributed by atoms with E-state index in [1.807, 2.05) is 7.05 Å². The molecule has 0 radical (unpaired) electrons. The van der Waals surface area contributed by atoms with Gasteiger partial charge in [-0.1, -0.05) is 0 Å². The zero-order valence-electron chi connectivity index (χ0n) is 10.2. The predicted molar refractivity (Wildman–Crippen MR) is 74.1 cm³/mol. The van der Waals surface area contributed by atoms with Crippen LogP contribution < -0.4 is 11.1 Å². The van der Waals surface area contributed by atoms with Crippen molar-refractivity contribution in [3.05, 3.63) is 28.2 Å². The Labute approximate surface area is 110 Å². The standard InChI is InChI=1S/C12H18BrN3O/c1-15-6-3-7-16(2)12(17)10-8-9(14)4-5-11(10)13/h4-5,8,15H,3,6-7,14H2,1-2H3. The van der Waals surface area contributed by atoms with Crippen LogP contribution in [-0.2, 0) is 0 Å². The average Bonchev–Trinajstić information content (AvgIpc) is 2.31. The van der Waals surface area contributed by atoms with Crippen LogP contribution in [-0.4, -0.2) is 38.0 Å². The van der Waals surface area contributed by atoms with Crippen LogP contribution in [0, 0.1) is 0 Å². The fourth-order valence-electron chi connectivity index (χ4n) is 1.51. The molecule has 1 rings (SSSR count). The van der Waals surface area contributed by atoms with Crippen LogP contribution in [0.4, 0.5) is 5.69 Å². The molecule has 0 aliphatic heterocycles. The molecule has 0 fully saturated rings. The van der Waals surface area contributed by atoms with Crippen LogP contribution in [0.2, 0.25) is 0 Å². The molecule has 5 heteroatoms. The summed E-state index contributed by atoms with van der Waals surface area (Å²) in [5.41, 5.74) is 6.89. The molecule has 0 atom stereocenters. The summed E-state index contributed by atoms with van der Waals surface area (Å²) in [6.45, 7) is 1.62. The highest BCUT2D eigenvalue weighted by Crippen LogP contribution is 2.20. The first-order valence-corrected chi connectivity index (χ1v) is 6.30. The Balaban J connectivity index is 2.71. The van der Waals surface area contributed by atoms with E-state index < -0.39 is 0 Å². The van der Waals surface area contributed by atoms with Gasteiger partial charge in [-0.05, 0) is 54.1 Å². The summed E-state index contributed by atoms with van der Waals surface area (Å²) in [5, 5.41) is 3.06. The van der Waals surface area contributed by atoms with Crippen molar-refractivity contribution in [2.75, 3.05) is 32.9 Å². The van der Waals surface area contributed by atoms with Gasteiger partial charge in [0.1, 0.15) is 0 Å². The normalized spacial score (nSPS) is 10.3. The molecule has 17 heavy (non-hydrogen) atoms. The van der Waals surface area contributed by atoms with E-state index in [-0.39, 0.29) is 5.91 Å². The van der Waals surface area contributed by atoms with Gasteiger partial charge in [-0.3, -0.25) is 4.79 Å². The molecule has 0 unspecified atom stereocenters. The summed E-state index contributed by atoms with van der Waals surface area (Å²) in [6, 6.07) is 5.26. The van der Waals surface area contributed by atoms with Crippen LogP contribution in [0.25, 0.3) is 0 Å². The fourth-order valence-corrected chi connectivity index (χ4v) is 1.92. The molecule has 3 N–H and O–H groups in total. The smallest absolute Gasteiger partial charge is 0.254 e. The molecular formula is C12H18BrN3O. The lowest BCUT2D eigenvalue weighted by atomic mass is 10.2. The number of amides is 1.